The van der Waals surface area contributed by atoms with Crippen LogP contribution < -0.4 is 5.32 Å². The van der Waals surface area contributed by atoms with E-state index in [2.05, 4.69) is 27.5 Å². The molecule has 8 nitrogen and oxygen atoms in total. The van der Waals surface area contributed by atoms with Gasteiger partial charge in [-0.15, -0.1) is 0 Å². The van der Waals surface area contributed by atoms with E-state index in [1.165, 1.54) is 23.3 Å². The van der Waals surface area contributed by atoms with E-state index >= 15 is 0 Å². The van der Waals surface area contributed by atoms with Gasteiger partial charge in [-0.25, -0.2) is 9.78 Å². The summed E-state index contributed by atoms with van der Waals surface area (Å²) in [6, 6.07) is 9.21. The van der Waals surface area contributed by atoms with Crippen molar-refractivity contribution in [3.8, 4) is 5.82 Å². The number of fused-ring (bicyclic) bond motifs is 1. The summed E-state index contributed by atoms with van der Waals surface area (Å²) < 4.78 is 6.61. The summed E-state index contributed by atoms with van der Waals surface area (Å²) in [5.74, 6) is -0.291. The number of benzene rings is 1. The molecule has 4 aromatic rings. The van der Waals surface area contributed by atoms with E-state index in [4.69, 9.17) is 9.72 Å². The molecule has 0 radical (unpaired) electrons. The molecule has 32 heavy (non-hydrogen) atoms. The van der Waals surface area contributed by atoms with E-state index in [9.17, 15) is 9.59 Å². The predicted octanol–water partition coefficient (Wildman–Crippen LogP) is 4.17. The molecule has 0 bridgehead atoms. The number of aromatic nitrogens is 4. The van der Waals surface area contributed by atoms with Crippen LogP contribution in [-0.4, -0.2) is 38.2 Å². The van der Waals surface area contributed by atoms with Crippen molar-refractivity contribution in [3.05, 3.63) is 76.7 Å². The van der Waals surface area contributed by atoms with Crippen LogP contribution in [0.3, 0.4) is 0 Å². The van der Waals surface area contributed by atoms with Crippen molar-refractivity contribution in [2.75, 3.05) is 11.9 Å². The van der Waals surface area contributed by atoms with Crippen LogP contribution in [0.5, 0.6) is 0 Å². The molecule has 4 rings (SSSR count). The van der Waals surface area contributed by atoms with Gasteiger partial charge in [-0.05, 0) is 63.1 Å². The van der Waals surface area contributed by atoms with E-state index in [1.807, 2.05) is 26.8 Å². The highest BCUT2D eigenvalue weighted by Crippen LogP contribution is 2.27. The fourth-order valence-corrected chi connectivity index (χ4v) is 3.62. The number of pyridine rings is 2. The summed E-state index contributed by atoms with van der Waals surface area (Å²) in [5.41, 5.74) is 4.58. The van der Waals surface area contributed by atoms with Gasteiger partial charge in [0.1, 0.15) is 5.56 Å². The molecule has 1 aromatic carbocycles. The first-order chi connectivity index (χ1) is 15.4. The molecule has 0 saturated carbocycles. The van der Waals surface area contributed by atoms with E-state index in [-0.39, 0.29) is 18.0 Å². The average molecular weight is 429 g/mol. The molecule has 3 heterocycles. The Bertz CT molecular complexity index is 1330. The fraction of sp³-hybridized carbons (Fsp3) is 0.208. The average Bonchev–Trinajstić information content (AvgIpc) is 3.18. The molecule has 0 atom stereocenters. The number of nitrogens with one attached hydrogen (secondary N) is 1. The molecular formula is C24H23N5O3. The summed E-state index contributed by atoms with van der Waals surface area (Å²) in [5, 5.41) is 8.20. The SMILES string of the molecule is CCOC(=O)c1cnn(-c2cc(C)c3cc(C)cc(C)c3n2)c1NC(=O)c1ccncc1. The number of carbonyl (C=O) groups excluding carboxylic acids is 2. The van der Waals surface area contributed by atoms with Crippen molar-refractivity contribution in [2.24, 2.45) is 0 Å². The highest BCUT2D eigenvalue weighted by molar-refractivity contribution is 6.07. The summed E-state index contributed by atoms with van der Waals surface area (Å²) in [6.45, 7) is 7.97. The zero-order valence-electron chi connectivity index (χ0n) is 18.3. The third kappa shape index (κ3) is 3.94. The summed E-state index contributed by atoms with van der Waals surface area (Å²) in [7, 11) is 0. The quantitative estimate of drug-likeness (QED) is 0.478. The summed E-state index contributed by atoms with van der Waals surface area (Å²) in [6.07, 6.45) is 4.43. The van der Waals surface area contributed by atoms with Crippen LogP contribution >= 0.6 is 0 Å². The molecule has 0 aliphatic rings. The number of amides is 1. The highest BCUT2D eigenvalue weighted by Gasteiger charge is 2.23. The van der Waals surface area contributed by atoms with Gasteiger partial charge in [0, 0.05) is 23.3 Å². The maximum Gasteiger partial charge on any atom is 0.343 e. The number of hydrogen-bond donors (Lipinski definition) is 1. The van der Waals surface area contributed by atoms with Crippen LogP contribution in [0, 0.1) is 20.8 Å². The topological polar surface area (TPSA) is 99.0 Å². The van der Waals surface area contributed by atoms with Crippen molar-refractivity contribution in [1.29, 1.82) is 0 Å². The lowest BCUT2D eigenvalue weighted by Gasteiger charge is -2.13. The Morgan fingerprint density at radius 1 is 1.06 bits per heavy atom. The van der Waals surface area contributed by atoms with Crippen molar-refractivity contribution >= 4 is 28.6 Å². The Hall–Kier alpha value is -4.07. The number of rotatable bonds is 5. The number of esters is 1. The summed E-state index contributed by atoms with van der Waals surface area (Å²) in [4.78, 5) is 34.1. The normalized spacial score (nSPS) is 10.9. The lowest BCUT2D eigenvalue weighted by Crippen LogP contribution is -2.18. The van der Waals surface area contributed by atoms with Crippen LogP contribution in [0.1, 0.15) is 44.3 Å². The Balaban J connectivity index is 1.85. The molecule has 0 fully saturated rings. The van der Waals surface area contributed by atoms with Gasteiger partial charge < -0.3 is 10.1 Å². The summed E-state index contributed by atoms with van der Waals surface area (Å²) >= 11 is 0. The Morgan fingerprint density at radius 3 is 2.53 bits per heavy atom. The lowest BCUT2D eigenvalue weighted by atomic mass is 10.0. The number of carbonyl (C=O) groups is 2. The van der Waals surface area contributed by atoms with Crippen LogP contribution in [0.15, 0.2) is 48.9 Å². The molecule has 3 aromatic heterocycles. The van der Waals surface area contributed by atoms with Crippen LogP contribution in [0.25, 0.3) is 16.7 Å². The van der Waals surface area contributed by atoms with Crippen LogP contribution in [0.4, 0.5) is 5.82 Å². The van der Waals surface area contributed by atoms with Gasteiger partial charge in [0.25, 0.3) is 5.91 Å². The molecule has 0 aliphatic heterocycles. The second-order valence-electron chi connectivity index (χ2n) is 7.50. The minimum Gasteiger partial charge on any atom is -0.462 e. The molecule has 0 aliphatic carbocycles. The number of hydrogen-bond acceptors (Lipinski definition) is 6. The van der Waals surface area contributed by atoms with E-state index < -0.39 is 11.9 Å². The Labute approximate surface area is 185 Å². The van der Waals surface area contributed by atoms with Gasteiger partial charge in [0.2, 0.25) is 0 Å². The van der Waals surface area contributed by atoms with Crippen molar-refractivity contribution < 1.29 is 14.3 Å². The molecule has 0 saturated heterocycles. The minimum absolute atomic E-state index is 0.148. The van der Waals surface area contributed by atoms with Crippen molar-refractivity contribution in [3.63, 3.8) is 0 Å². The largest absolute Gasteiger partial charge is 0.462 e. The first kappa shape index (κ1) is 21.2. The fourth-order valence-electron chi connectivity index (χ4n) is 3.62. The smallest absolute Gasteiger partial charge is 0.343 e. The predicted molar refractivity (Wildman–Crippen MR) is 121 cm³/mol. The van der Waals surface area contributed by atoms with E-state index in [0.717, 1.165) is 27.6 Å². The maximum atomic E-state index is 12.8. The first-order valence-electron chi connectivity index (χ1n) is 10.2. The van der Waals surface area contributed by atoms with Gasteiger partial charge in [-0.1, -0.05) is 11.6 Å². The number of anilines is 1. The minimum atomic E-state index is -0.576. The molecule has 162 valence electrons. The molecule has 0 unspecified atom stereocenters. The van der Waals surface area contributed by atoms with E-state index in [1.54, 1.807) is 19.1 Å². The molecule has 0 spiro atoms. The Kier molecular flexibility index (Phi) is 5.68. The first-order valence-corrected chi connectivity index (χ1v) is 10.2. The second kappa shape index (κ2) is 8.58. The maximum absolute atomic E-state index is 12.8. The van der Waals surface area contributed by atoms with E-state index in [0.29, 0.717) is 11.4 Å². The molecule has 1 N–H and O–H groups in total. The molecule has 8 heteroatoms. The molecule has 1 amide bonds. The van der Waals surface area contributed by atoms with Gasteiger partial charge in [0.15, 0.2) is 11.6 Å². The van der Waals surface area contributed by atoms with Crippen LogP contribution in [-0.2, 0) is 4.74 Å². The van der Waals surface area contributed by atoms with Gasteiger partial charge in [-0.2, -0.15) is 9.78 Å². The zero-order chi connectivity index (χ0) is 22.8. The lowest BCUT2D eigenvalue weighted by molar-refractivity contribution is 0.0527. The Morgan fingerprint density at radius 2 is 1.81 bits per heavy atom. The van der Waals surface area contributed by atoms with Gasteiger partial charge in [-0.3, -0.25) is 9.78 Å². The van der Waals surface area contributed by atoms with Crippen molar-refractivity contribution in [2.45, 2.75) is 27.7 Å². The number of ether oxygens (including phenoxy) is 1. The molecular weight excluding hydrogens is 406 g/mol. The standard InChI is InChI=1S/C24H23N5O3/c1-5-32-24(31)19-13-26-29(22(19)28-23(30)17-6-8-25-9-7-17)20-12-15(3)18-11-14(2)10-16(4)21(18)27-20/h6-13H,5H2,1-4H3,(H,28,30). The second-order valence-corrected chi connectivity index (χ2v) is 7.50. The van der Waals surface area contributed by atoms with Gasteiger partial charge >= 0.3 is 5.97 Å². The third-order valence-electron chi connectivity index (χ3n) is 5.10. The highest BCUT2D eigenvalue weighted by atomic mass is 16.5. The third-order valence-corrected chi connectivity index (χ3v) is 5.10. The number of nitrogens with zero attached hydrogens (tertiary/aromatic N) is 4. The van der Waals surface area contributed by atoms with Crippen LogP contribution in [0.2, 0.25) is 0 Å². The van der Waals surface area contributed by atoms with Crippen molar-refractivity contribution in [1.82, 2.24) is 19.7 Å². The zero-order valence-corrected chi connectivity index (χ0v) is 18.3. The van der Waals surface area contributed by atoms with Gasteiger partial charge in [0.05, 0.1) is 18.3 Å². The monoisotopic (exact) mass is 429 g/mol. The number of aryl methyl sites for hydroxylation is 3.